The van der Waals surface area contributed by atoms with Gasteiger partial charge in [0.05, 0.1) is 0 Å². The van der Waals surface area contributed by atoms with Crippen molar-refractivity contribution in [1.82, 2.24) is 25.1 Å². The monoisotopic (exact) mass is 577 g/mol. The van der Waals surface area contributed by atoms with Gasteiger partial charge in [-0.25, -0.2) is 4.98 Å². The maximum atomic E-state index is 13.6. The van der Waals surface area contributed by atoms with E-state index in [1.165, 1.54) is 6.07 Å². The number of aliphatic carboxylic acids is 1. The zero-order valence-electron chi connectivity index (χ0n) is 23.9. The van der Waals surface area contributed by atoms with Crippen molar-refractivity contribution in [3.8, 4) is 17.3 Å². The van der Waals surface area contributed by atoms with Crippen molar-refractivity contribution in [2.24, 2.45) is 5.92 Å². The Morgan fingerprint density at radius 2 is 1.55 bits per heavy atom. The summed E-state index contributed by atoms with van der Waals surface area (Å²) in [5, 5.41) is 12.1. The first-order valence-electron chi connectivity index (χ1n) is 15.1. The minimum absolute atomic E-state index is 0.0172. The summed E-state index contributed by atoms with van der Waals surface area (Å²) in [5.74, 6) is -1.18. The first kappa shape index (κ1) is 29.5. The van der Waals surface area contributed by atoms with Crippen molar-refractivity contribution in [2.45, 2.75) is 76.4 Å². The predicted octanol–water partition coefficient (Wildman–Crippen LogP) is 3.29. The first-order valence-corrected chi connectivity index (χ1v) is 15.1. The molecule has 5 rings (SSSR count). The standard InChI is InChI=1S/C31H39N5O6/c37-27(38)15-14-24(31(41)36-18-16-35(17-19-36)30(40)22-10-4-5-11-22)33-29(39)25-20-26(42-23-12-6-7-13-23)34-28(32-25)21-8-2-1-3-9-21/h1-3,8-9,20,22-24H,4-7,10-19H2,(H,33,39)(H,37,38)/t24-/m0/s1. The van der Waals surface area contributed by atoms with Gasteiger partial charge in [0.1, 0.15) is 17.8 Å². The first-order chi connectivity index (χ1) is 20.4. The number of ether oxygens (including phenoxy) is 1. The van der Waals surface area contributed by atoms with Gasteiger partial charge in [0.25, 0.3) is 5.91 Å². The minimum Gasteiger partial charge on any atom is -0.481 e. The van der Waals surface area contributed by atoms with Crippen LogP contribution in [0.1, 0.15) is 74.7 Å². The van der Waals surface area contributed by atoms with Crippen LogP contribution in [-0.2, 0) is 14.4 Å². The number of nitrogens with zero attached hydrogens (tertiary/aromatic N) is 4. The summed E-state index contributed by atoms with van der Waals surface area (Å²) in [5.41, 5.74) is 0.754. The third-order valence-corrected chi connectivity index (χ3v) is 8.41. The van der Waals surface area contributed by atoms with E-state index in [0.717, 1.165) is 51.4 Å². The third kappa shape index (κ3) is 7.43. The molecule has 0 spiro atoms. The minimum atomic E-state index is -1.06. The average Bonchev–Trinajstić information content (AvgIpc) is 3.74. The second kappa shape index (κ2) is 13.8. The van der Waals surface area contributed by atoms with Gasteiger partial charge in [0, 0.05) is 50.1 Å². The Morgan fingerprint density at radius 3 is 2.21 bits per heavy atom. The zero-order chi connectivity index (χ0) is 29.5. The largest absolute Gasteiger partial charge is 0.481 e. The Morgan fingerprint density at radius 1 is 0.905 bits per heavy atom. The number of hydrogen-bond acceptors (Lipinski definition) is 7. The van der Waals surface area contributed by atoms with E-state index >= 15 is 0 Å². The molecule has 1 aliphatic heterocycles. The van der Waals surface area contributed by atoms with Crippen LogP contribution in [0.5, 0.6) is 5.88 Å². The van der Waals surface area contributed by atoms with Crippen LogP contribution in [0, 0.1) is 5.92 Å². The van der Waals surface area contributed by atoms with E-state index in [0.29, 0.717) is 37.6 Å². The highest BCUT2D eigenvalue weighted by Crippen LogP contribution is 2.28. The van der Waals surface area contributed by atoms with E-state index in [4.69, 9.17) is 4.74 Å². The molecule has 3 amide bonds. The molecule has 42 heavy (non-hydrogen) atoms. The Kier molecular flexibility index (Phi) is 9.66. The molecule has 11 nitrogen and oxygen atoms in total. The SMILES string of the molecule is O=C(O)CC[C@H](NC(=O)c1cc(OC2CCCC2)nc(-c2ccccc2)n1)C(=O)N1CCN(C(=O)C2CCCC2)CC1. The van der Waals surface area contributed by atoms with Gasteiger partial charge in [-0.15, -0.1) is 0 Å². The van der Waals surface area contributed by atoms with Gasteiger partial charge in [-0.3, -0.25) is 19.2 Å². The highest BCUT2D eigenvalue weighted by Gasteiger charge is 2.33. The van der Waals surface area contributed by atoms with Gasteiger partial charge < -0.3 is 25.0 Å². The molecule has 224 valence electrons. The Labute approximate surface area is 245 Å². The molecule has 3 fully saturated rings. The Bertz CT molecular complexity index is 1270. The number of rotatable bonds is 10. The van der Waals surface area contributed by atoms with Crippen LogP contribution in [0.4, 0.5) is 0 Å². The van der Waals surface area contributed by atoms with Crippen molar-refractivity contribution in [3.63, 3.8) is 0 Å². The molecule has 1 aromatic carbocycles. The van der Waals surface area contributed by atoms with Crippen molar-refractivity contribution in [2.75, 3.05) is 26.2 Å². The summed E-state index contributed by atoms with van der Waals surface area (Å²) in [7, 11) is 0. The number of nitrogens with one attached hydrogen (secondary N) is 1. The van der Waals surface area contributed by atoms with E-state index in [1.807, 2.05) is 35.2 Å². The number of carboxylic acid groups (broad SMARTS) is 1. The number of benzene rings is 1. The van der Waals surface area contributed by atoms with Crippen molar-refractivity contribution in [3.05, 3.63) is 42.1 Å². The molecule has 3 aliphatic rings. The van der Waals surface area contributed by atoms with Gasteiger partial charge in [0.15, 0.2) is 5.82 Å². The molecule has 0 unspecified atom stereocenters. The van der Waals surface area contributed by atoms with Crippen LogP contribution in [0.3, 0.4) is 0 Å². The van der Waals surface area contributed by atoms with Crippen LogP contribution in [0.25, 0.3) is 11.4 Å². The molecule has 2 N–H and O–H groups in total. The predicted molar refractivity (Wildman–Crippen MR) is 154 cm³/mol. The highest BCUT2D eigenvalue weighted by molar-refractivity contribution is 5.97. The maximum Gasteiger partial charge on any atom is 0.303 e. The molecule has 11 heteroatoms. The van der Waals surface area contributed by atoms with Gasteiger partial charge >= 0.3 is 5.97 Å². The molecule has 2 aromatic rings. The maximum absolute atomic E-state index is 13.6. The summed E-state index contributed by atoms with van der Waals surface area (Å²) >= 11 is 0. The number of aromatic nitrogens is 2. The lowest BCUT2D eigenvalue weighted by atomic mass is 10.1. The summed E-state index contributed by atoms with van der Waals surface area (Å²) in [6, 6.07) is 9.68. The third-order valence-electron chi connectivity index (χ3n) is 8.41. The van der Waals surface area contributed by atoms with Crippen molar-refractivity contribution in [1.29, 1.82) is 0 Å². The fraction of sp³-hybridized carbons (Fsp3) is 0.548. The van der Waals surface area contributed by atoms with Crippen LogP contribution >= 0.6 is 0 Å². The van der Waals surface area contributed by atoms with E-state index in [-0.39, 0.29) is 48.3 Å². The fourth-order valence-electron chi connectivity index (χ4n) is 6.05. The quantitative estimate of drug-likeness (QED) is 0.438. The van der Waals surface area contributed by atoms with Gasteiger partial charge in [-0.2, -0.15) is 4.98 Å². The molecule has 0 radical (unpaired) electrons. The molecule has 1 aromatic heterocycles. The molecule has 2 aliphatic carbocycles. The second-order valence-electron chi connectivity index (χ2n) is 11.4. The van der Waals surface area contributed by atoms with Gasteiger partial charge in [-0.05, 0) is 44.9 Å². The topological polar surface area (TPSA) is 142 Å². The molecule has 2 saturated carbocycles. The zero-order valence-corrected chi connectivity index (χ0v) is 23.9. The summed E-state index contributed by atoms with van der Waals surface area (Å²) in [6.45, 7) is 1.52. The van der Waals surface area contributed by atoms with E-state index in [1.54, 1.807) is 4.90 Å². The van der Waals surface area contributed by atoms with Gasteiger partial charge in [-0.1, -0.05) is 43.2 Å². The smallest absolute Gasteiger partial charge is 0.303 e. The summed E-state index contributed by atoms with van der Waals surface area (Å²) in [6.07, 6.45) is 7.64. The Hall–Kier alpha value is -4.02. The fourth-order valence-corrected chi connectivity index (χ4v) is 6.05. The van der Waals surface area contributed by atoms with Crippen molar-refractivity contribution < 1.29 is 29.0 Å². The normalized spacial score (nSPS) is 18.6. The van der Waals surface area contributed by atoms with E-state index in [2.05, 4.69) is 15.3 Å². The summed E-state index contributed by atoms with van der Waals surface area (Å²) in [4.78, 5) is 63.8. The lowest BCUT2D eigenvalue weighted by molar-refractivity contribution is -0.143. The van der Waals surface area contributed by atoms with Crippen LogP contribution in [0.2, 0.25) is 0 Å². The molecular formula is C31H39N5O6. The number of carbonyl (C=O) groups is 4. The molecular weight excluding hydrogens is 538 g/mol. The van der Waals surface area contributed by atoms with Crippen molar-refractivity contribution >= 4 is 23.7 Å². The number of carbonyl (C=O) groups excluding carboxylic acids is 3. The molecule has 1 saturated heterocycles. The van der Waals surface area contributed by atoms with Crippen LogP contribution < -0.4 is 10.1 Å². The lowest BCUT2D eigenvalue weighted by Gasteiger charge is -2.37. The lowest BCUT2D eigenvalue weighted by Crippen LogP contribution is -2.56. The number of amides is 3. The van der Waals surface area contributed by atoms with Crippen LogP contribution in [-0.4, -0.2) is 86.9 Å². The molecule has 1 atom stereocenters. The Balaban J connectivity index is 1.30. The van der Waals surface area contributed by atoms with E-state index in [9.17, 15) is 24.3 Å². The second-order valence-corrected chi connectivity index (χ2v) is 11.4. The van der Waals surface area contributed by atoms with E-state index < -0.39 is 17.9 Å². The van der Waals surface area contributed by atoms with Crippen LogP contribution in [0.15, 0.2) is 36.4 Å². The number of carboxylic acids is 1. The molecule has 2 heterocycles. The number of hydrogen-bond donors (Lipinski definition) is 2. The summed E-state index contributed by atoms with van der Waals surface area (Å²) < 4.78 is 6.10. The molecule has 0 bridgehead atoms. The highest BCUT2D eigenvalue weighted by atomic mass is 16.5. The van der Waals surface area contributed by atoms with Gasteiger partial charge in [0.2, 0.25) is 17.7 Å². The number of piperazine rings is 1. The average molecular weight is 578 g/mol.